The molecule has 0 saturated carbocycles. The maximum Gasteiger partial charge on any atom is 0.127 e. The third kappa shape index (κ3) is 3.50. The van der Waals surface area contributed by atoms with Crippen LogP contribution in [0.15, 0.2) is 127 Å². The summed E-state index contributed by atoms with van der Waals surface area (Å²) in [5.74, 6) is 1.83. The second kappa shape index (κ2) is 8.73. The van der Waals surface area contributed by atoms with E-state index < -0.39 is 0 Å². The molecule has 4 atom stereocenters. The molecule has 41 heavy (non-hydrogen) atoms. The van der Waals surface area contributed by atoms with Crippen LogP contribution in [0, 0.1) is 11.8 Å². The Labute approximate surface area is 241 Å². The van der Waals surface area contributed by atoms with E-state index in [-0.39, 0.29) is 12.0 Å². The van der Waals surface area contributed by atoms with Crippen molar-refractivity contribution in [1.82, 2.24) is 9.97 Å². The van der Waals surface area contributed by atoms with Gasteiger partial charge < -0.3 is 4.74 Å². The lowest BCUT2D eigenvalue weighted by atomic mass is 9.74. The highest BCUT2D eigenvalue weighted by Gasteiger charge is 2.40. The topological polar surface area (TPSA) is 35.0 Å². The largest absolute Gasteiger partial charge is 0.485 e. The number of fused-ring (bicyclic) bond motifs is 8. The number of benzene rings is 3. The molecule has 3 aromatic heterocycles. The van der Waals surface area contributed by atoms with E-state index in [0.29, 0.717) is 11.8 Å². The van der Waals surface area contributed by atoms with Gasteiger partial charge in [0.25, 0.3) is 0 Å². The molecular weight excluding hydrogens is 520 g/mol. The molecule has 0 radical (unpaired) electrons. The zero-order chi connectivity index (χ0) is 27.1. The van der Waals surface area contributed by atoms with Gasteiger partial charge in [0.1, 0.15) is 11.9 Å². The summed E-state index contributed by atoms with van der Waals surface area (Å²) in [6.45, 7) is 2.32. The zero-order valence-electron chi connectivity index (χ0n) is 22.5. The molecule has 4 unspecified atom stereocenters. The van der Waals surface area contributed by atoms with E-state index in [2.05, 4.69) is 122 Å². The van der Waals surface area contributed by atoms with Gasteiger partial charge in [-0.1, -0.05) is 79.8 Å². The second-order valence-corrected chi connectivity index (χ2v) is 12.4. The summed E-state index contributed by atoms with van der Waals surface area (Å²) in [5.41, 5.74) is 6.49. The standard InChI is InChI=1S/C37H26N2OS/c1-21-25(15-18-32-35(21)27-7-2-4-8-31(27)40-32)30-17-13-23-11-10-22-12-16-29(38-36(22)37(23)39-30)24-14-19-34-28(20-24)26-6-3-5-9-33(26)41-34/h2-21,25,27,31H,1H3. The maximum absolute atomic E-state index is 6.28. The summed E-state index contributed by atoms with van der Waals surface area (Å²) in [7, 11) is 0. The number of thiophene rings is 1. The predicted molar refractivity (Wildman–Crippen MR) is 170 cm³/mol. The molecule has 0 spiro atoms. The minimum Gasteiger partial charge on any atom is -0.485 e. The first-order chi connectivity index (χ1) is 20.2. The van der Waals surface area contributed by atoms with Crippen LogP contribution in [0.5, 0.6) is 0 Å². The number of hydrogen-bond donors (Lipinski definition) is 0. The van der Waals surface area contributed by atoms with Crippen molar-refractivity contribution in [2.45, 2.75) is 18.9 Å². The summed E-state index contributed by atoms with van der Waals surface area (Å²) in [6, 6.07) is 28.4. The molecule has 0 fully saturated rings. The molecule has 0 saturated heterocycles. The van der Waals surface area contributed by atoms with E-state index in [0.717, 1.165) is 44.5 Å². The maximum atomic E-state index is 6.28. The minimum absolute atomic E-state index is 0.110. The van der Waals surface area contributed by atoms with E-state index >= 15 is 0 Å². The number of allylic oxidation sites excluding steroid dienone is 4. The van der Waals surface area contributed by atoms with Crippen LogP contribution in [0.2, 0.25) is 0 Å². The Balaban J connectivity index is 1.14. The van der Waals surface area contributed by atoms with E-state index in [1.165, 1.54) is 25.7 Å². The number of rotatable bonds is 2. The monoisotopic (exact) mass is 546 g/mol. The van der Waals surface area contributed by atoms with Gasteiger partial charge in [0.05, 0.1) is 16.7 Å². The molecule has 0 N–H and O–H groups in total. The molecule has 196 valence electrons. The van der Waals surface area contributed by atoms with Crippen LogP contribution in [-0.2, 0) is 4.74 Å². The smallest absolute Gasteiger partial charge is 0.127 e. The van der Waals surface area contributed by atoms with Gasteiger partial charge in [-0.05, 0) is 54.0 Å². The predicted octanol–water partition coefficient (Wildman–Crippen LogP) is 9.50. The van der Waals surface area contributed by atoms with Crippen molar-refractivity contribution >= 4 is 53.3 Å². The third-order valence-corrected chi connectivity index (χ3v) is 10.2. The molecule has 3 aromatic carbocycles. The van der Waals surface area contributed by atoms with Crippen molar-refractivity contribution in [3.05, 3.63) is 132 Å². The molecule has 6 aromatic rings. The van der Waals surface area contributed by atoms with Gasteiger partial charge in [-0.15, -0.1) is 11.3 Å². The Morgan fingerprint density at radius 2 is 1.49 bits per heavy atom. The summed E-state index contributed by atoms with van der Waals surface area (Å²) < 4.78 is 8.90. The molecule has 1 aliphatic heterocycles. The average Bonchev–Trinajstić information content (AvgIpc) is 3.59. The fourth-order valence-electron chi connectivity index (χ4n) is 6.94. The molecule has 4 heteroatoms. The molecule has 4 heterocycles. The van der Waals surface area contributed by atoms with Crippen LogP contribution in [0.4, 0.5) is 0 Å². The molecule has 0 amide bonds. The zero-order valence-corrected chi connectivity index (χ0v) is 23.3. The second-order valence-electron chi connectivity index (χ2n) is 11.3. The lowest BCUT2D eigenvalue weighted by molar-refractivity contribution is 0.173. The Morgan fingerprint density at radius 1 is 0.707 bits per heavy atom. The highest BCUT2D eigenvalue weighted by molar-refractivity contribution is 7.25. The van der Waals surface area contributed by atoms with Crippen molar-refractivity contribution in [3.63, 3.8) is 0 Å². The van der Waals surface area contributed by atoms with E-state index in [1.54, 1.807) is 0 Å². The number of aromatic nitrogens is 2. The van der Waals surface area contributed by atoms with Gasteiger partial charge in [-0.2, -0.15) is 0 Å². The van der Waals surface area contributed by atoms with Gasteiger partial charge in [0.2, 0.25) is 0 Å². The number of ether oxygens (including phenoxy) is 1. The van der Waals surface area contributed by atoms with Crippen LogP contribution in [0.3, 0.4) is 0 Å². The normalized spacial score (nSPS) is 23.0. The third-order valence-electron chi connectivity index (χ3n) is 9.03. The molecule has 2 aliphatic carbocycles. The van der Waals surface area contributed by atoms with Gasteiger partial charge in [-0.25, -0.2) is 9.97 Å². The van der Waals surface area contributed by atoms with Crippen molar-refractivity contribution in [2.75, 3.05) is 0 Å². The van der Waals surface area contributed by atoms with Crippen molar-refractivity contribution in [1.29, 1.82) is 0 Å². The Kier molecular flexibility index (Phi) is 4.94. The number of hydrogen-bond acceptors (Lipinski definition) is 4. The summed E-state index contributed by atoms with van der Waals surface area (Å²) >= 11 is 1.84. The minimum atomic E-state index is 0.110. The highest BCUT2D eigenvalue weighted by Crippen LogP contribution is 2.47. The Morgan fingerprint density at radius 3 is 2.41 bits per heavy atom. The quantitative estimate of drug-likeness (QED) is 0.203. The lowest BCUT2D eigenvalue weighted by Crippen LogP contribution is -2.22. The summed E-state index contributed by atoms with van der Waals surface area (Å²) in [4.78, 5) is 10.5. The Hall–Kier alpha value is -4.54. The molecule has 3 nitrogen and oxygen atoms in total. The fraction of sp³-hybridized carbons (Fsp3) is 0.135. The van der Waals surface area contributed by atoms with Crippen LogP contribution >= 0.6 is 11.3 Å². The van der Waals surface area contributed by atoms with Crippen molar-refractivity contribution in [3.8, 4) is 11.3 Å². The van der Waals surface area contributed by atoms with E-state index in [4.69, 9.17) is 14.7 Å². The van der Waals surface area contributed by atoms with Crippen molar-refractivity contribution in [2.24, 2.45) is 11.8 Å². The number of nitrogens with zero attached hydrogens (tertiary/aromatic N) is 2. The molecule has 3 aliphatic rings. The summed E-state index contributed by atoms with van der Waals surface area (Å²) in [6.07, 6.45) is 13.2. The van der Waals surface area contributed by atoms with Gasteiger partial charge in [-0.3, -0.25) is 0 Å². The average molecular weight is 547 g/mol. The fourth-order valence-corrected chi connectivity index (χ4v) is 8.03. The number of pyridine rings is 2. The van der Waals surface area contributed by atoms with E-state index in [9.17, 15) is 0 Å². The molecule has 9 rings (SSSR count). The van der Waals surface area contributed by atoms with Crippen LogP contribution in [-0.4, -0.2) is 16.1 Å². The van der Waals surface area contributed by atoms with Crippen molar-refractivity contribution < 1.29 is 4.74 Å². The van der Waals surface area contributed by atoms with E-state index in [1.807, 2.05) is 11.3 Å². The molecule has 0 bridgehead atoms. The first kappa shape index (κ1) is 23.2. The molecular formula is C37H26N2OS. The summed E-state index contributed by atoms with van der Waals surface area (Å²) in [5, 5.41) is 4.81. The van der Waals surface area contributed by atoms with Crippen LogP contribution < -0.4 is 0 Å². The lowest BCUT2D eigenvalue weighted by Gasteiger charge is -2.28. The van der Waals surface area contributed by atoms with Crippen LogP contribution in [0.25, 0.3) is 53.2 Å². The highest BCUT2D eigenvalue weighted by atomic mass is 32.1. The first-order valence-corrected chi connectivity index (χ1v) is 15.1. The van der Waals surface area contributed by atoms with Gasteiger partial charge in [0.15, 0.2) is 0 Å². The Bertz CT molecular complexity index is 2180. The van der Waals surface area contributed by atoms with Gasteiger partial charge >= 0.3 is 0 Å². The van der Waals surface area contributed by atoms with Crippen LogP contribution in [0.1, 0.15) is 18.5 Å². The SMILES string of the molecule is CC1C2=C(C=CC1c1ccc3ccc4ccc(-c5ccc6sc7ccccc7c6c5)nc4c3n1)OC1C=CC=CC21. The van der Waals surface area contributed by atoms with Gasteiger partial charge in [0, 0.05) is 54.0 Å². The first-order valence-electron chi connectivity index (χ1n) is 14.3.